The maximum atomic E-state index is 13.1. The molecule has 0 bridgehead atoms. The Kier molecular flexibility index (Phi) is 9.07. The Balaban J connectivity index is 1.68. The lowest BCUT2D eigenvalue weighted by Crippen LogP contribution is -2.43. The first-order valence-electron chi connectivity index (χ1n) is 11.1. The SMILES string of the molecule is C[C@@H]1NC(=O)[C@H](CC(=O)NCc2ccc(Cl)cc2)C/C=C/CCC(=O)O[C@@H]1c1ccccc1. The normalized spacial score (nSPS) is 22.8. The highest BCUT2D eigenvalue weighted by atomic mass is 35.5. The second-order valence-electron chi connectivity index (χ2n) is 8.17. The zero-order valence-electron chi connectivity index (χ0n) is 18.6. The zero-order chi connectivity index (χ0) is 23.6. The van der Waals surface area contributed by atoms with E-state index in [0.717, 1.165) is 11.1 Å². The van der Waals surface area contributed by atoms with Crippen LogP contribution in [0.15, 0.2) is 66.7 Å². The van der Waals surface area contributed by atoms with Crippen LogP contribution in [0.2, 0.25) is 5.02 Å². The van der Waals surface area contributed by atoms with Crippen LogP contribution in [0.5, 0.6) is 0 Å². The minimum Gasteiger partial charge on any atom is -0.455 e. The molecule has 2 N–H and O–H groups in total. The van der Waals surface area contributed by atoms with Crippen molar-refractivity contribution >= 4 is 29.4 Å². The predicted molar refractivity (Wildman–Crippen MR) is 127 cm³/mol. The van der Waals surface area contributed by atoms with Crippen molar-refractivity contribution in [2.75, 3.05) is 0 Å². The minimum absolute atomic E-state index is 0.0618. The number of carbonyl (C=O) groups is 3. The quantitative estimate of drug-likeness (QED) is 0.500. The third-order valence-electron chi connectivity index (χ3n) is 5.52. The van der Waals surface area contributed by atoms with Crippen LogP contribution in [-0.4, -0.2) is 23.8 Å². The molecule has 0 saturated carbocycles. The molecular formula is C26H29ClN2O4. The molecule has 0 fully saturated rings. The average Bonchev–Trinajstić information content (AvgIpc) is 2.81. The number of cyclic esters (lactones) is 1. The molecule has 0 radical (unpaired) electrons. The highest BCUT2D eigenvalue weighted by Crippen LogP contribution is 2.24. The highest BCUT2D eigenvalue weighted by molar-refractivity contribution is 6.30. The first-order valence-corrected chi connectivity index (χ1v) is 11.5. The van der Waals surface area contributed by atoms with Crippen molar-refractivity contribution in [3.8, 4) is 0 Å². The molecule has 3 atom stereocenters. The molecule has 33 heavy (non-hydrogen) atoms. The molecule has 3 rings (SSSR count). The van der Waals surface area contributed by atoms with Gasteiger partial charge in [0.15, 0.2) is 0 Å². The molecule has 174 valence electrons. The van der Waals surface area contributed by atoms with Crippen LogP contribution in [0.25, 0.3) is 0 Å². The Hall–Kier alpha value is -3.12. The fourth-order valence-corrected chi connectivity index (χ4v) is 3.81. The van der Waals surface area contributed by atoms with Gasteiger partial charge in [-0.25, -0.2) is 0 Å². The molecule has 1 aliphatic heterocycles. The Morgan fingerprint density at radius 1 is 1.09 bits per heavy atom. The number of hydrogen-bond acceptors (Lipinski definition) is 4. The molecule has 0 unspecified atom stereocenters. The van der Waals surface area contributed by atoms with Crippen molar-refractivity contribution in [2.24, 2.45) is 5.92 Å². The second-order valence-corrected chi connectivity index (χ2v) is 8.60. The van der Waals surface area contributed by atoms with Crippen LogP contribution in [0.3, 0.4) is 0 Å². The van der Waals surface area contributed by atoms with Gasteiger partial charge >= 0.3 is 5.97 Å². The molecule has 1 aliphatic rings. The number of ether oxygens (including phenoxy) is 1. The van der Waals surface area contributed by atoms with Gasteiger partial charge in [-0.05, 0) is 43.0 Å². The summed E-state index contributed by atoms with van der Waals surface area (Å²) in [6, 6.07) is 16.1. The van der Waals surface area contributed by atoms with Crippen molar-refractivity contribution in [2.45, 2.75) is 51.3 Å². The summed E-state index contributed by atoms with van der Waals surface area (Å²) < 4.78 is 5.71. The van der Waals surface area contributed by atoms with E-state index >= 15 is 0 Å². The highest BCUT2D eigenvalue weighted by Gasteiger charge is 2.28. The number of rotatable bonds is 5. The lowest BCUT2D eigenvalue weighted by atomic mass is 9.97. The van der Waals surface area contributed by atoms with Gasteiger partial charge in [-0.15, -0.1) is 0 Å². The molecule has 6 nitrogen and oxygen atoms in total. The van der Waals surface area contributed by atoms with Gasteiger partial charge in [0.1, 0.15) is 6.10 Å². The molecular weight excluding hydrogens is 440 g/mol. The van der Waals surface area contributed by atoms with E-state index in [4.69, 9.17) is 16.3 Å². The van der Waals surface area contributed by atoms with Gasteiger partial charge in [-0.2, -0.15) is 0 Å². The van der Waals surface area contributed by atoms with Crippen molar-refractivity contribution < 1.29 is 19.1 Å². The van der Waals surface area contributed by atoms with E-state index in [-0.39, 0.29) is 30.6 Å². The van der Waals surface area contributed by atoms with Gasteiger partial charge < -0.3 is 15.4 Å². The Bertz CT molecular complexity index is 976. The van der Waals surface area contributed by atoms with Crippen molar-refractivity contribution in [3.05, 3.63) is 82.9 Å². The van der Waals surface area contributed by atoms with E-state index in [1.54, 1.807) is 12.1 Å². The zero-order valence-corrected chi connectivity index (χ0v) is 19.4. The number of allylic oxidation sites excluding steroid dienone is 2. The Morgan fingerprint density at radius 3 is 2.55 bits per heavy atom. The van der Waals surface area contributed by atoms with Gasteiger partial charge in [0, 0.05) is 24.4 Å². The number of hydrogen-bond donors (Lipinski definition) is 2. The van der Waals surface area contributed by atoms with Gasteiger partial charge in [-0.1, -0.05) is 66.2 Å². The van der Waals surface area contributed by atoms with Crippen molar-refractivity contribution in [3.63, 3.8) is 0 Å². The second kappa shape index (κ2) is 12.2. The fraction of sp³-hybridized carbons (Fsp3) is 0.346. The number of amides is 2. The molecule has 2 aromatic carbocycles. The van der Waals surface area contributed by atoms with E-state index in [9.17, 15) is 14.4 Å². The monoisotopic (exact) mass is 468 g/mol. The molecule has 2 aromatic rings. The maximum absolute atomic E-state index is 13.1. The third kappa shape index (κ3) is 7.75. The molecule has 2 amide bonds. The number of esters is 1. The van der Waals surface area contributed by atoms with Crippen LogP contribution < -0.4 is 10.6 Å². The van der Waals surface area contributed by atoms with Crippen LogP contribution in [0.4, 0.5) is 0 Å². The first kappa shape index (κ1) is 24.5. The summed E-state index contributed by atoms with van der Waals surface area (Å²) in [6.45, 7) is 2.17. The molecule has 0 spiro atoms. The van der Waals surface area contributed by atoms with E-state index in [1.165, 1.54) is 0 Å². The summed E-state index contributed by atoms with van der Waals surface area (Å²) in [6.07, 6.45) is 4.36. The Labute approximate surface area is 199 Å². The van der Waals surface area contributed by atoms with Gasteiger partial charge in [0.25, 0.3) is 0 Å². The van der Waals surface area contributed by atoms with Crippen LogP contribution >= 0.6 is 11.6 Å². The molecule has 0 aromatic heterocycles. The Morgan fingerprint density at radius 2 is 1.82 bits per heavy atom. The summed E-state index contributed by atoms with van der Waals surface area (Å²) in [7, 11) is 0. The molecule has 1 heterocycles. The van der Waals surface area contributed by atoms with Gasteiger partial charge in [0.2, 0.25) is 11.8 Å². The van der Waals surface area contributed by atoms with Crippen LogP contribution in [0.1, 0.15) is 49.8 Å². The number of benzene rings is 2. The van der Waals surface area contributed by atoms with Crippen molar-refractivity contribution in [1.82, 2.24) is 10.6 Å². The number of carbonyl (C=O) groups excluding carboxylic acids is 3. The van der Waals surface area contributed by atoms with E-state index in [2.05, 4.69) is 10.6 Å². The lowest BCUT2D eigenvalue weighted by molar-refractivity contribution is -0.152. The summed E-state index contributed by atoms with van der Waals surface area (Å²) >= 11 is 5.90. The molecule has 0 aliphatic carbocycles. The summed E-state index contributed by atoms with van der Waals surface area (Å²) in [4.78, 5) is 37.9. The van der Waals surface area contributed by atoms with Crippen LogP contribution in [0, 0.1) is 5.92 Å². The van der Waals surface area contributed by atoms with Gasteiger partial charge in [-0.3, -0.25) is 14.4 Å². The maximum Gasteiger partial charge on any atom is 0.306 e. The van der Waals surface area contributed by atoms with Gasteiger partial charge in [0.05, 0.1) is 12.0 Å². The lowest BCUT2D eigenvalue weighted by Gasteiger charge is -2.27. The topological polar surface area (TPSA) is 84.5 Å². The summed E-state index contributed by atoms with van der Waals surface area (Å²) in [5, 5.41) is 6.46. The first-order chi connectivity index (χ1) is 15.9. The largest absolute Gasteiger partial charge is 0.455 e. The van der Waals surface area contributed by atoms with E-state index < -0.39 is 18.1 Å². The molecule has 7 heteroatoms. The summed E-state index contributed by atoms with van der Waals surface area (Å²) in [5.41, 5.74) is 1.74. The third-order valence-corrected chi connectivity index (χ3v) is 5.77. The molecule has 0 saturated heterocycles. The fourth-order valence-electron chi connectivity index (χ4n) is 3.68. The number of nitrogens with one attached hydrogen (secondary N) is 2. The average molecular weight is 469 g/mol. The van der Waals surface area contributed by atoms with Crippen molar-refractivity contribution in [1.29, 1.82) is 0 Å². The predicted octanol–water partition coefficient (Wildman–Crippen LogP) is 4.49. The minimum atomic E-state index is -0.606. The van der Waals surface area contributed by atoms with Crippen LogP contribution in [-0.2, 0) is 25.7 Å². The number of halogens is 1. The summed E-state index contributed by atoms with van der Waals surface area (Å²) in [5.74, 6) is -1.29. The van der Waals surface area contributed by atoms with E-state index in [1.807, 2.05) is 61.5 Å². The standard InChI is InChI=1S/C26H29ClN2O4/c1-18-25(20-8-4-2-5-9-20)33-24(31)11-7-3-6-10-21(26(32)29-18)16-23(30)28-17-19-12-14-22(27)15-13-19/h2-6,8-9,12-15,18,21,25H,7,10-11,16-17H2,1H3,(H,28,30)(H,29,32)/b6-3+/t18-,21-,25-/m0/s1. The smallest absolute Gasteiger partial charge is 0.306 e. The van der Waals surface area contributed by atoms with E-state index in [0.29, 0.717) is 24.4 Å².